The molecule has 322 valence electrons. The maximum Gasteiger partial charge on any atom is 0.267 e. The predicted molar refractivity (Wildman–Crippen MR) is 220 cm³/mol. The van der Waals surface area contributed by atoms with Crippen molar-refractivity contribution in [2.75, 3.05) is 69.1 Å². The van der Waals surface area contributed by atoms with Gasteiger partial charge in [0.2, 0.25) is 17.8 Å². The number of likely N-dealkylation sites (N-methyl/N-ethyl adjacent to an activating group) is 2. The lowest BCUT2D eigenvalue weighted by Crippen LogP contribution is -2.48. The number of imidazole rings is 1. The average molecular weight is 855 g/mol. The number of benzene rings is 2. The second kappa shape index (κ2) is 14.8. The molecule has 20 heteroatoms. The number of carbonyl (C=O) groups is 2. The minimum atomic E-state index is -3.25. The van der Waals surface area contributed by atoms with Crippen molar-refractivity contribution in [3.8, 4) is 22.7 Å². The van der Waals surface area contributed by atoms with Crippen LogP contribution in [0.25, 0.3) is 39.0 Å². The standard InChI is InChI=1S/C42H42F4N12O4/c1-22-48-30-13-24(44)12-27-29-6-5-7-35(50-29)49-25-15-32(39(59)54(3)19-26(61-4)20-55(22)36(27)30)56(18-25)37-28-17-47-58-31-9-8-23(43)14-34(31)62-11-10-53(2)40(60)33-16-42(45,46)21-57(33)41(51-37)52-38(28)58/h5-9,12-14,17,25-26,32-33H,10-11,15-16,18-21H2,1-4H3,(H,49,50)/t25-,26-,32-,33-/m0/s1. The van der Waals surface area contributed by atoms with Crippen molar-refractivity contribution in [2.24, 2.45) is 0 Å². The number of nitrogens with zero attached hydrogens (tertiary/aromatic N) is 11. The van der Waals surface area contributed by atoms with Gasteiger partial charge in [0.15, 0.2) is 5.65 Å². The molecule has 4 aromatic heterocycles. The van der Waals surface area contributed by atoms with Gasteiger partial charge in [0.25, 0.3) is 5.92 Å². The number of aromatic nitrogens is 7. The number of hydrogen-bond acceptors (Lipinski definition) is 12. The molecule has 4 atom stereocenters. The molecule has 62 heavy (non-hydrogen) atoms. The molecular weight excluding hydrogens is 813 g/mol. The van der Waals surface area contributed by atoms with Crippen LogP contribution in [0.15, 0.2) is 54.7 Å². The van der Waals surface area contributed by atoms with Crippen molar-refractivity contribution < 1.29 is 36.6 Å². The molecule has 0 spiro atoms. The number of rotatable bonds is 2. The van der Waals surface area contributed by atoms with E-state index >= 15 is 13.2 Å². The van der Waals surface area contributed by atoms with Crippen molar-refractivity contribution in [3.63, 3.8) is 0 Å². The lowest BCUT2D eigenvalue weighted by Gasteiger charge is -2.32. The van der Waals surface area contributed by atoms with E-state index in [0.29, 0.717) is 45.0 Å². The molecule has 0 unspecified atom stereocenters. The van der Waals surface area contributed by atoms with Crippen LogP contribution in [-0.2, 0) is 20.9 Å². The van der Waals surface area contributed by atoms with Crippen LogP contribution in [0.3, 0.4) is 0 Å². The molecule has 2 fully saturated rings. The molecule has 10 rings (SSSR count). The largest absolute Gasteiger partial charge is 0.489 e. The second-order valence-electron chi connectivity index (χ2n) is 16.4. The van der Waals surface area contributed by atoms with Crippen LogP contribution in [0.4, 0.5) is 35.1 Å². The molecular formula is C42H42F4N12O4. The van der Waals surface area contributed by atoms with Crippen molar-refractivity contribution in [3.05, 3.63) is 72.2 Å². The van der Waals surface area contributed by atoms with E-state index in [9.17, 15) is 14.0 Å². The van der Waals surface area contributed by atoms with E-state index in [-0.39, 0.29) is 68.3 Å². The van der Waals surface area contributed by atoms with Gasteiger partial charge in [-0.15, -0.1) is 0 Å². The average Bonchev–Trinajstić information content (AvgIpc) is 4.01. The SMILES string of the molecule is CO[C@H]1CN(C)C(=O)[C@@H]2C[C@@H](CN2c2nc3nc4c2cnn4-c2ccc(F)cc2OCCN(C)C(=O)[C@@H]2CC(F)(F)CN32)Nc2cccc(n2)-c2cc(F)cc3nc(C)n(c23)C1. The molecule has 1 N–H and O–H groups in total. The zero-order valence-corrected chi connectivity index (χ0v) is 34.2. The van der Waals surface area contributed by atoms with Gasteiger partial charge in [-0.3, -0.25) is 9.59 Å². The smallest absolute Gasteiger partial charge is 0.267 e. The first kappa shape index (κ1) is 39.6. The summed E-state index contributed by atoms with van der Waals surface area (Å²) in [5.41, 5.74) is 2.67. The highest BCUT2D eigenvalue weighted by Crippen LogP contribution is 2.40. The fraction of sp³-hybridized carbons (Fsp3) is 0.405. The zero-order chi connectivity index (χ0) is 43.2. The number of pyridine rings is 1. The summed E-state index contributed by atoms with van der Waals surface area (Å²) < 4.78 is 76.1. The van der Waals surface area contributed by atoms with Crippen LogP contribution < -0.4 is 19.9 Å². The monoisotopic (exact) mass is 854 g/mol. The third-order valence-electron chi connectivity index (χ3n) is 12.2. The van der Waals surface area contributed by atoms with Crippen LogP contribution in [0.1, 0.15) is 18.7 Å². The van der Waals surface area contributed by atoms with E-state index in [4.69, 9.17) is 24.4 Å². The van der Waals surface area contributed by atoms with E-state index in [1.165, 1.54) is 58.1 Å². The highest BCUT2D eigenvalue weighted by Gasteiger charge is 2.51. The molecule has 2 saturated heterocycles. The summed E-state index contributed by atoms with van der Waals surface area (Å²) in [5.74, 6) is -3.87. The Hall–Kier alpha value is -6.57. The van der Waals surface area contributed by atoms with Gasteiger partial charge in [0, 0.05) is 64.5 Å². The molecule has 0 radical (unpaired) electrons. The zero-order valence-electron chi connectivity index (χ0n) is 34.2. The Balaban J connectivity index is 1.13. The number of aryl methyl sites for hydroxylation is 1. The number of nitrogens with one attached hydrogen (secondary N) is 1. The molecule has 6 bridgehead atoms. The highest BCUT2D eigenvalue weighted by atomic mass is 19.3. The Kier molecular flexibility index (Phi) is 9.45. The van der Waals surface area contributed by atoms with Gasteiger partial charge in [0.05, 0.1) is 54.0 Å². The van der Waals surface area contributed by atoms with Crippen LogP contribution in [0.2, 0.25) is 0 Å². The normalized spacial score (nSPS) is 22.7. The second-order valence-corrected chi connectivity index (χ2v) is 16.4. The van der Waals surface area contributed by atoms with Gasteiger partial charge in [-0.1, -0.05) is 6.07 Å². The number of fused-ring (bicyclic) bond motifs is 10. The molecule has 4 aliphatic rings. The molecule has 0 aliphatic carbocycles. The number of amides is 2. The Morgan fingerprint density at radius 1 is 0.903 bits per heavy atom. The fourth-order valence-electron chi connectivity index (χ4n) is 9.20. The predicted octanol–water partition coefficient (Wildman–Crippen LogP) is 4.43. The Morgan fingerprint density at radius 2 is 1.73 bits per heavy atom. The third-order valence-corrected chi connectivity index (χ3v) is 12.2. The molecule has 2 amide bonds. The summed E-state index contributed by atoms with van der Waals surface area (Å²) in [7, 11) is 4.74. The fourth-order valence-corrected chi connectivity index (χ4v) is 9.20. The van der Waals surface area contributed by atoms with E-state index in [2.05, 4.69) is 15.4 Å². The van der Waals surface area contributed by atoms with E-state index < -0.39 is 60.7 Å². The maximum absolute atomic E-state index is 15.4. The van der Waals surface area contributed by atoms with E-state index in [1.807, 2.05) is 17.6 Å². The number of alkyl halides is 2. The minimum Gasteiger partial charge on any atom is -0.489 e. The highest BCUT2D eigenvalue weighted by molar-refractivity contribution is 5.95. The first-order chi connectivity index (χ1) is 29.7. The Bertz CT molecular complexity index is 2780. The lowest BCUT2D eigenvalue weighted by atomic mass is 10.1. The van der Waals surface area contributed by atoms with Gasteiger partial charge in [-0.2, -0.15) is 15.1 Å². The summed E-state index contributed by atoms with van der Waals surface area (Å²) in [6.45, 7) is 1.59. The summed E-state index contributed by atoms with van der Waals surface area (Å²) >= 11 is 0. The molecule has 2 aromatic carbocycles. The third kappa shape index (κ3) is 6.76. The molecule has 4 aliphatic heterocycles. The summed E-state index contributed by atoms with van der Waals surface area (Å²) in [6, 6.07) is 9.54. The quantitative estimate of drug-likeness (QED) is 0.246. The summed E-state index contributed by atoms with van der Waals surface area (Å²) in [4.78, 5) is 54.0. The Morgan fingerprint density at radius 3 is 2.55 bits per heavy atom. The molecule has 0 saturated carbocycles. The number of halogens is 4. The molecule has 16 nitrogen and oxygen atoms in total. The van der Waals surface area contributed by atoms with Crippen molar-refractivity contribution in [1.29, 1.82) is 0 Å². The number of anilines is 3. The topological polar surface area (TPSA) is 152 Å². The van der Waals surface area contributed by atoms with Crippen molar-refractivity contribution >= 4 is 51.5 Å². The first-order valence-electron chi connectivity index (χ1n) is 20.3. The summed E-state index contributed by atoms with van der Waals surface area (Å²) in [6.07, 6.45) is 0.477. The van der Waals surface area contributed by atoms with Crippen LogP contribution in [0, 0.1) is 18.6 Å². The Labute approximate surface area is 352 Å². The van der Waals surface area contributed by atoms with E-state index in [0.717, 1.165) is 0 Å². The number of methoxy groups -OCH3 is 1. The van der Waals surface area contributed by atoms with Crippen LogP contribution in [0.5, 0.6) is 5.75 Å². The van der Waals surface area contributed by atoms with Gasteiger partial charge in [-0.25, -0.2) is 32.2 Å². The van der Waals surface area contributed by atoms with Crippen molar-refractivity contribution in [2.45, 2.75) is 56.5 Å². The number of hydrogen-bond donors (Lipinski definition) is 1. The van der Waals surface area contributed by atoms with Crippen LogP contribution >= 0.6 is 0 Å². The first-order valence-corrected chi connectivity index (χ1v) is 20.3. The van der Waals surface area contributed by atoms with Gasteiger partial charge < -0.3 is 39.0 Å². The lowest BCUT2D eigenvalue weighted by molar-refractivity contribution is -0.133. The minimum absolute atomic E-state index is 0.0275. The molecule has 8 heterocycles. The number of ether oxygens (including phenoxy) is 2. The van der Waals surface area contributed by atoms with Crippen molar-refractivity contribution in [1.82, 2.24) is 44.1 Å². The van der Waals surface area contributed by atoms with Crippen LogP contribution in [-0.4, -0.2) is 140 Å². The van der Waals surface area contributed by atoms with Gasteiger partial charge in [0.1, 0.15) is 59.2 Å². The summed E-state index contributed by atoms with van der Waals surface area (Å²) in [5, 5.41) is 8.51. The number of carbonyl (C=O) groups excluding carboxylic acids is 2. The van der Waals surface area contributed by atoms with Gasteiger partial charge >= 0.3 is 0 Å². The maximum atomic E-state index is 15.4. The van der Waals surface area contributed by atoms with E-state index in [1.54, 1.807) is 36.1 Å². The molecule has 6 aromatic rings. The van der Waals surface area contributed by atoms with Gasteiger partial charge in [-0.05, 0) is 43.7 Å².